The molecule has 0 fully saturated rings. The second-order valence-corrected chi connectivity index (χ2v) is 5.43. The number of fused-ring (bicyclic) bond motifs is 1. The molecule has 0 saturated carbocycles. The number of aromatic hydroxyl groups is 1. The Balaban J connectivity index is 1.88. The van der Waals surface area contributed by atoms with Crippen LogP contribution in [-0.2, 0) is 4.79 Å². The zero-order chi connectivity index (χ0) is 15.1. The van der Waals surface area contributed by atoms with Crippen molar-refractivity contribution in [1.82, 2.24) is 10.3 Å². The number of carbonyl (C=O) groups excluding carboxylic acids is 1. The largest absolute Gasteiger partial charge is 0.508 e. The van der Waals surface area contributed by atoms with Crippen LogP contribution in [0.3, 0.4) is 0 Å². The van der Waals surface area contributed by atoms with E-state index in [1.807, 2.05) is 6.07 Å². The van der Waals surface area contributed by atoms with Crippen LogP contribution in [0.5, 0.6) is 5.75 Å². The van der Waals surface area contributed by atoms with Crippen LogP contribution >= 0.6 is 0 Å². The van der Waals surface area contributed by atoms with Crippen molar-refractivity contribution in [2.75, 3.05) is 10.6 Å². The van der Waals surface area contributed by atoms with Crippen molar-refractivity contribution in [1.29, 1.82) is 0 Å². The summed E-state index contributed by atoms with van der Waals surface area (Å²) in [6.07, 6.45) is 2.09. The van der Waals surface area contributed by atoms with Gasteiger partial charge in [-0.1, -0.05) is 12.1 Å². The van der Waals surface area contributed by atoms with E-state index in [0.29, 0.717) is 23.6 Å². The minimum Gasteiger partial charge on any atom is -0.508 e. The van der Waals surface area contributed by atoms with Gasteiger partial charge in [0.25, 0.3) is 0 Å². The van der Waals surface area contributed by atoms with E-state index in [1.54, 1.807) is 18.2 Å². The standard InChI is InChI=1S/C15H14N4O3/c20-9-4-1-3-8(7-9)13-12-10(5-2-6-11(12)21)16-14-15(17-13)19-22-18-14/h1,3-4,7,13,20H,2,5-6H2,(H,16,18)(H,17,19). The monoisotopic (exact) mass is 298 g/mol. The van der Waals surface area contributed by atoms with Gasteiger partial charge in [0.15, 0.2) is 5.78 Å². The number of allylic oxidation sites excluding steroid dienone is 1. The first kappa shape index (κ1) is 12.9. The predicted octanol–water partition coefficient (Wildman–Crippen LogP) is 2.36. The van der Waals surface area contributed by atoms with E-state index in [2.05, 4.69) is 20.9 Å². The molecule has 0 radical (unpaired) electrons. The summed E-state index contributed by atoms with van der Waals surface area (Å²) in [5.74, 6) is 1.18. The molecule has 4 rings (SSSR count). The van der Waals surface area contributed by atoms with Gasteiger partial charge in [0, 0.05) is 17.7 Å². The van der Waals surface area contributed by atoms with Gasteiger partial charge < -0.3 is 15.7 Å². The number of rotatable bonds is 1. The van der Waals surface area contributed by atoms with Crippen LogP contribution < -0.4 is 10.6 Å². The zero-order valence-electron chi connectivity index (χ0n) is 11.7. The SMILES string of the molecule is O=C1CCCC2=C1C(c1cccc(O)c1)Nc1nonc1N2. The molecule has 1 aliphatic carbocycles. The molecule has 7 heteroatoms. The first-order valence-corrected chi connectivity index (χ1v) is 7.13. The highest BCUT2D eigenvalue weighted by atomic mass is 16.6. The Morgan fingerprint density at radius 3 is 2.95 bits per heavy atom. The Morgan fingerprint density at radius 1 is 1.23 bits per heavy atom. The van der Waals surface area contributed by atoms with Gasteiger partial charge >= 0.3 is 0 Å². The van der Waals surface area contributed by atoms with Crippen molar-refractivity contribution in [3.8, 4) is 5.75 Å². The van der Waals surface area contributed by atoms with Crippen LogP contribution in [0.1, 0.15) is 30.9 Å². The summed E-state index contributed by atoms with van der Waals surface area (Å²) in [6, 6.07) is 6.46. The molecular formula is C15H14N4O3. The van der Waals surface area contributed by atoms with Crippen LogP contribution in [0.25, 0.3) is 0 Å². The topological polar surface area (TPSA) is 100 Å². The van der Waals surface area contributed by atoms with Crippen LogP contribution in [-0.4, -0.2) is 21.2 Å². The molecule has 2 aliphatic rings. The second-order valence-electron chi connectivity index (χ2n) is 5.43. The molecule has 1 atom stereocenters. The summed E-state index contributed by atoms with van der Waals surface area (Å²) >= 11 is 0. The van der Waals surface area contributed by atoms with E-state index in [1.165, 1.54) is 0 Å². The summed E-state index contributed by atoms with van der Waals surface area (Å²) in [5, 5.41) is 23.7. The molecule has 2 heterocycles. The number of nitrogens with zero attached hydrogens (tertiary/aromatic N) is 2. The van der Waals surface area contributed by atoms with Crippen LogP contribution in [0.4, 0.5) is 11.6 Å². The molecule has 22 heavy (non-hydrogen) atoms. The number of nitrogens with one attached hydrogen (secondary N) is 2. The second kappa shape index (κ2) is 4.87. The fourth-order valence-corrected chi connectivity index (χ4v) is 3.00. The normalized spacial score (nSPS) is 20.5. The number of carbonyl (C=O) groups is 1. The van der Waals surface area contributed by atoms with Gasteiger partial charge in [-0.3, -0.25) is 4.79 Å². The van der Waals surface area contributed by atoms with Crippen molar-refractivity contribution >= 4 is 17.4 Å². The minimum absolute atomic E-state index is 0.0942. The van der Waals surface area contributed by atoms with Gasteiger partial charge in [-0.25, -0.2) is 4.63 Å². The highest BCUT2D eigenvalue weighted by Crippen LogP contribution is 2.39. The lowest BCUT2D eigenvalue weighted by Crippen LogP contribution is -2.23. The van der Waals surface area contributed by atoms with Gasteiger partial charge in [0.05, 0.1) is 6.04 Å². The predicted molar refractivity (Wildman–Crippen MR) is 78.3 cm³/mol. The Labute approximate surface area is 126 Å². The summed E-state index contributed by atoms with van der Waals surface area (Å²) in [6.45, 7) is 0. The molecule has 1 aliphatic heterocycles. The molecule has 1 aromatic carbocycles. The number of ketones is 1. The molecule has 1 unspecified atom stereocenters. The molecule has 7 nitrogen and oxygen atoms in total. The van der Waals surface area contributed by atoms with Crippen molar-refractivity contribution in [2.45, 2.75) is 25.3 Å². The molecule has 0 saturated heterocycles. The van der Waals surface area contributed by atoms with Gasteiger partial charge in [-0.2, -0.15) is 0 Å². The Kier molecular flexibility index (Phi) is 2.85. The van der Waals surface area contributed by atoms with E-state index >= 15 is 0 Å². The number of hydrogen-bond donors (Lipinski definition) is 3. The van der Waals surface area contributed by atoms with Gasteiger partial charge in [0.1, 0.15) is 5.75 Å². The molecule has 0 amide bonds. The maximum absolute atomic E-state index is 12.5. The first-order chi connectivity index (χ1) is 10.7. The van der Waals surface area contributed by atoms with Gasteiger partial charge in [-0.15, -0.1) is 0 Å². The number of Topliss-reactive ketones (excluding diaryl/α,β-unsaturated/α-hetero) is 1. The lowest BCUT2D eigenvalue weighted by molar-refractivity contribution is -0.116. The van der Waals surface area contributed by atoms with E-state index in [-0.39, 0.29) is 11.5 Å². The zero-order valence-corrected chi connectivity index (χ0v) is 11.7. The number of aromatic nitrogens is 2. The van der Waals surface area contributed by atoms with Crippen LogP contribution in [0, 0.1) is 0 Å². The third-order valence-corrected chi connectivity index (χ3v) is 3.99. The van der Waals surface area contributed by atoms with Crippen molar-refractivity contribution in [3.63, 3.8) is 0 Å². The fourth-order valence-electron chi connectivity index (χ4n) is 3.00. The lowest BCUT2D eigenvalue weighted by Gasteiger charge is -2.25. The average molecular weight is 298 g/mol. The summed E-state index contributed by atoms with van der Waals surface area (Å²) in [5.41, 5.74) is 2.31. The number of hydrogen-bond acceptors (Lipinski definition) is 7. The number of anilines is 2. The maximum atomic E-state index is 12.5. The molecule has 3 N–H and O–H groups in total. The molecule has 1 aromatic heterocycles. The van der Waals surface area contributed by atoms with Crippen molar-refractivity contribution in [2.24, 2.45) is 0 Å². The molecule has 0 spiro atoms. The average Bonchev–Trinajstić information content (AvgIpc) is 2.86. The third-order valence-electron chi connectivity index (χ3n) is 3.99. The lowest BCUT2D eigenvalue weighted by atomic mass is 9.87. The minimum atomic E-state index is -0.393. The summed E-state index contributed by atoms with van der Waals surface area (Å²) in [7, 11) is 0. The Bertz CT molecular complexity index is 781. The number of phenolic OH excluding ortho intramolecular Hbond substituents is 1. The summed E-state index contributed by atoms with van der Waals surface area (Å²) < 4.78 is 4.76. The quantitative estimate of drug-likeness (QED) is 0.743. The Morgan fingerprint density at radius 2 is 2.09 bits per heavy atom. The summed E-state index contributed by atoms with van der Waals surface area (Å²) in [4.78, 5) is 12.5. The van der Waals surface area contributed by atoms with Gasteiger partial charge in [0.2, 0.25) is 11.6 Å². The van der Waals surface area contributed by atoms with Crippen molar-refractivity contribution < 1.29 is 14.5 Å². The van der Waals surface area contributed by atoms with E-state index < -0.39 is 6.04 Å². The molecule has 0 bridgehead atoms. The smallest absolute Gasteiger partial charge is 0.219 e. The third kappa shape index (κ3) is 2.02. The molecular weight excluding hydrogens is 284 g/mol. The molecule has 112 valence electrons. The molecule has 2 aromatic rings. The van der Waals surface area contributed by atoms with E-state index in [0.717, 1.165) is 24.1 Å². The highest BCUT2D eigenvalue weighted by Gasteiger charge is 2.33. The van der Waals surface area contributed by atoms with Crippen molar-refractivity contribution in [3.05, 3.63) is 41.1 Å². The van der Waals surface area contributed by atoms with Crippen LogP contribution in [0.2, 0.25) is 0 Å². The number of phenols is 1. The highest BCUT2D eigenvalue weighted by molar-refractivity contribution is 6.00. The van der Waals surface area contributed by atoms with Crippen LogP contribution in [0.15, 0.2) is 40.2 Å². The maximum Gasteiger partial charge on any atom is 0.219 e. The fraction of sp³-hybridized carbons (Fsp3) is 0.267. The first-order valence-electron chi connectivity index (χ1n) is 7.13. The van der Waals surface area contributed by atoms with Gasteiger partial charge in [-0.05, 0) is 40.9 Å². The number of benzene rings is 1. The van der Waals surface area contributed by atoms with E-state index in [9.17, 15) is 9.90 Å². The Hall–Kier alpha value is -2.83. The van der Waals surface area contributed by atoms with E-state index in [4.69, 9.17) is 4.63 Å².